The highest BCUT2D eigenvalue weighted by Crippen LogP contribution is 2.23. The largest absolute Gasteiger partial charge is 0.457 e. The van der Waals surface area contributed by atoms with Crippen molar-refractivity contribution < 1.29 is 4.74 Å². The molecule has 15 heavy (non-hydrogen) atoms. The Kier molecular flexibility index (Phi) is 3.23. The molecule has 0 N–H and O–H groups in total. The van der Waals surface area contributed by atoms with Gasteiger partial charge in [-0.1, -0.05) is 0 Å². The third-order valence-electron chi connectivity index (χ3n) is 1.91. The van der Waals surface area contributed by atoms with Gasteiger partial charge in [-0.2, -0.15) is 0 Å². The summed E-state index contributed by atoms with van der Waals surface area (Å²) in [5.41, 5.74) is 0. The minimum atomic E-state index is 0.805. The second-order valence-electron chi connectivity index (χ2n) is 3.09. The lowest BCUT2D eigenvalue weighted by Gasteiger charge is -2.05. The Morgan fingerprint density at radius 2 is 0.933 bits per heavy atom. The number of rotatable bonds is 2. The van der Waals surface area contributed by atoms with Gasteiger partial charge in [0.1, 0.15) is 11.5 Å². The Hall–Kier alpha value is -1.06. The molecule has 0 bridgehead atoms. The predicted octanol–water partition coefficient (Wildman–Crippen LogP) is 4.06. The van der Waals surface area contributed by atoms with Crippen LogP contribution in [0.15, 0.2) is 58.3 Å². The summed E-state index contributed by atoms with van der Waals surface area (Å²) in [5.74, 6) is 1.61. The molecule has 0 aliphatic rings. The zero-order valence-corrected chi connectivity index (χ0v) is 9.71. The third kappa shape index (κ3) is 2.94. The van der Waals surface area contributed by atoms with Crippen LogP contribution < -0.4 is 4.74 Å². The van der Waals surface area contributed by atoms with E-state index in [2.05, 4.69) is 25.3 Å². The molecule has 2 aromatic carbocycles. The molecule has 0 spiro atoms. The molecule has 0 aliphatic carbocycles. The molecule has 0 heterocycles. The van der Waals surface area contributed by atoms with Crippen molar-refractivity contribution in [2.24, 2.45) is 0 Å². The van der Waals surface area contributed by atoms with Crippen LogP contribution in [-0.2, 0) is 0 Å². The van der Waals surface area contributed by atoms with Gasteiger partial charge in [0.15, 0.2) is 0 Å². The van der Waals surface area contributed by atoms with Gasteiger partial charge in [-0.05, 0) is 48.5 Å². The molecule has 0 radical (unpaired) electrons. The van der Waals surface area contributed by atoms with E-state index in [-0.39, 0.29) is 0 Å². The zero-order chi connectivity index (χ0) is 10.7. The van der Waals surface area contributed by atoms with Crippen LogP contribution in [-0.4, -0.2) is 0 Å². The summed E-state index contributed by atoms with van der Waals surface area (Å²) in [6.07, 6.45) is 0. The Morgan fingerprint density at radius 1 is 0.600 bits per heavy atom. The van der Waals surface area contributed by atoms with Gasteiger partial charge in [0.2, 0.25) is 0 Å². The van der Waals surface area contributed by atoms with Crippen molar-refractivity contribution in [2.45, 2.75) is 9.79 Å². The van der Waals surface area contributed by atoms with Crippen LogP contribution in [0.25, 0.3) is 0 Å². The maximum Gasteiger partial charge on any atom is 0.127 e. The van der Waals surface area contributed by atoms with E-state index in [1.807, 2.05) is 48.5 Å². The molecule has 2 rings (SSSR count). The highest BCUT2D eigenvalue weighted by Gasteiger charge is 1.96. The highest BCUT2D eigenvalue weighted by molar-refractivity contribution is 7.80. The number of hydrogen-bond donors (Lipinski definition) is 2. The summed E-state index contributed by atoms with van der Waals surface area (Å²) in [6.45, 7) is 0. The van der Waals surface area contributed by atoms with Crippen molar-refractivity contribution in [3.8, 4) is 11.5 Å². The summed E-state index contributed by atoms with van der Waals surface area (Å²) < 4.78 is 5.62. The first-order valence-corrected chi connectivity index (χ1v) is 5.39. The van der Waals surface area contributed by atoms with E-state index >= 15 is 0 Å². The fourth-order valence-corrected chi connectivity index (χ4v) is 1.46. The normalized spacial score (nSPS) is 10.0. The molecule has 1 nitrogen and oxygen atoms in total. The van der Waals surface area contributed by atoms with Crippen molar-refractivity contribution in [1.29, 1.82) is 0 Å². The lowest BCUT2D eigenvalue weighted by Crippen LogP contribution is -1.82. The molecule has 0 fully saturated rings. The van der Waals surface area contributed by atoms with E-state index < -0.39 is 0 Å². The van der Waals surface area contributed by atoms with Gasteiger partial charge in [0.05, 0.1) is 0 Å². The van der Waals surface area contributed by atoms with Crippen molar-refractivity contribution >= 4 is 25.3 Å². The second-order valence-corrected chi connectivity index (χ2v) is 4.12. The predicted molar refractivity (Wildman–Crippen MR) is 67.5 cm³/mol. The molecule has 0 aliphatic heterocycles. The summed E-state index contributed by atoms with van der Waals surface area (Å²) >= 11 is 8.41. The van der Waals surface area contributed by atoms with E-state index in [1.54, 1.807) is 0 Å². The van der Waals surface area contributed by atoms with Crippen LogP contribution in [0, 0.1) is 0 Å². The summed E-state index contributed by atoms with van der Waals surface area (Å²) in [4.78, 5) is 1.85. The van der Waals surface area contributed by atoms with E-state index in [4.69, 9.17) is 4.74 Å². The average molecular weight is 234 g/mol. The molecule has 0 amide bonds. The van der Waals surface area contributed by atoms with Crippen LogP contribution in [0.5, 0.6) is 11.5 Å². The van der Waals surface area contributed by atoms with Crippen molar-refractivity contribution in [3.05, 3.63) is 48.5 Å². The molecule has 0 atom stereocenters. The lowest BCUT2D eigenvalue weighted by molar-refractivity contribution is 0.482. The van der Waals surface area contributed by atoms with Crippen LogP contribution in [0.1, 0.15) is 0 Å². The number of thiol groups is 2. The smallest absolute Gasteiger partial charge is 0.127 e. The molecule has 0 saturated heterocycles. The zero-order valence-electron chi connectivity index (χ0n) is 7.92. The van der Waals surface area contributed by atoms with E-state index in [0.717, 1.165) is 21.3 Å². The maximum atomic E-state index is 5.62. The molecular formula is C12H10OS2. The SMILES string of the molecule is Sc1ccc(Oc2ccc(S)cc2)cc1. The third-order valence-corrected chi connectivity index (χ3v) is 2.51. The first kappa shape index (κ1) is 10.5. The first-order chi connectivity index (χ1) is 7.24. The molecule has 76 valence electrons. The average Bonchev–Trinajstić information content (AvgIpc) is 2.25. The van der Waals surface area contributed by atoms with Gasteiger partial charge in [0.25, 0.3) is 0 Å². The summed E-state index contributed by atoms with van der Waals surface area (Å²) in [6, 6.07) is 15.1. The Morgan fingerprint density at radius 3 is 1.27 bits per heavy atom. The van der Waals surface area contributed by atoms with Crippen LogP contribution in [0.3, 0.4) is 0 Å². The number of ether oxygens (including phenoxy) is 1. The monoisotopic (exact) mass is 234 g/mol. The fourth-order valence-electron chi connectivity index (χ4n) is 1.16. The van der Waals surface area contributed by atoms with Crippen molar-refractivity contribution in [3.63, 3.8) is 0 Å². The van der Waals surface area contributed by atoms with Gasteiger partial charge in [-0.3, -0.25) is 0 Å². The summed E-state index contributed by atoms with van der Waals surface area (Å²) in [7, 11) is 0. The second kappa shape index (κ2) is 4.64. The molecule has 0 aromatic heterocycles. The Labute approximate surface area is 99.9 Å². The van der Waals surface area contributed by atoms with E-state index in [0.29, 0.717) is 0 Å². The lowest BCUT2D eigenvalue weighted by atomic mass is 10.3. The Balaban J connectivity index is 2.15. The van der Waals surface area contributed by atoms with Gasteiger partial charge in [-0.15, -0.1) is 25.3 Å². The highest BCUT2D eigenvalue weighted by atomic mass is 32.1. The van der Waals surface area contributed by atoms with Crippen molar-refractivity contribution in [2.75, 3.05) is 0 Å². The minimum Gasteiger partial charge on any atom is -0.457 e. The number of benzene rings is 2. The minimum absolute atomic E-state index is 0.805. The summed E-state index contributed by atoms with van der Waals surface area (Å²) in [5, 5.41) is 0. The fraction of sp³-hybridized carbons (Fsp3) is 0. The first-order valence-electron chi connectivity index (χ1n) is 4.50. The van der Waals surface area contributed by atoms with Gasteiger partial charge >= 0.3 is 0 Å². The van der Waals surface area contributed by atoms with Gasteiger partial charge in [0, 0.05) is 9.79 Å². The van der Waals surface area contributed by atoms with Crippen LogP contribution in [0.4, 0.5) is 0 Å². The molecule has 0 unspecified atom stereocenters. The van der Waals surface area contributed by atoms with Crippen molar-refractivity contribution in [1.82, 2.24) is 0 Å². The van der Waals surface area contributed by atoms with E-state index in [1.165, 1.54) is 0 Å². The standard InChI is InChI=1S/C12H10OS2/c14-11-5-1-9(2-6-11)13-10-3-7-12(15)8-4-10/h1-8,14-15H. The number of hydrogen-bond acceptors (Lipinski definition) is 3. The quantitative estimate of drug-likeness (QED) is 0.745. The maximum absolute atomic E-state index is 5.62. The Bertz CT molecular complexity index is 391. The molecule has 2 aromatic rings. The van der Waals surface area contributed by atoms with Crippen LogP contribution in [0.2, 0.25) is 0 Å². The van der Waals surface area contributed by atoms with Crippen LogP contribution >= 0.6 is 25.3 Å². The molecule has 0 saturated carbocycles. The molecule has 3 heteroatoms. The van der Waals surface area contributed by atoms with E-state index in [9.17, 15) is 0 Å². The van der Waals surface area contributed by atoms with Gasteiger partial charge < -0.3 is 4.74 Å². The van der Waals surface area contributed by atoms with Gasteiger partial charge in [-0.25, -0.2) is 0 Å². The molecular weight excluding hydrogens is 224 g/mol. The topological polar surface area (TPSA) is 9.23 Å².